The van der Waals surface area contributed by atoms with Gasteiger partial charge in [0.05, 0.1) is 11.1 Å². The van der Waals surface area contributed by atoms with E-state index in [4.69, 9.17) is 16.3 Å². The monoisotopic (exact) mass is 309 g/mol. The molecule has 0 amide bonds. The fourth-order valence-corrected chi connectivity index (χ4v) is 2.23. The van der Waals surface area contributed by atoms with Crippen molar-refractivity contribution in [3.8, 4) is 0 Å². The third-order valence-electron chi connectivity index (χ3n) is 2.95. The van der Waals surface area contributed by atoms with Crippen LogP contribution < -0.4 is 5.59 Å². The van der Waals surface area contributed by atoms with Crippen molar-refractivity contribution in [2.75, 3.05) is 0 Å². The van der Waals surface area contributed by atoms with E-state index < -0.39 is 18.8 Å². The largest absolute Gasteiger partial charge is 0.506 e. The Hall–Kier alpha value is -1.50. The van der Waals surface area contributed by atoms with E-state index in [1.807, 2.05) is 6.92 Å². The summed E-state index contributed by atoms with van der Waals surface area (Å²) in [6.07, 6.45) is -0.665. The molecule has 0 spiro atoms. The van der Waals surface area contributed by atoms with Gasteiger partial charge in [0.25, 0.3) is 0 Å². The maximum absolute atomic E-state index is 12.3. The molecule has 0 saturated carbocycles. The van der Waals surface area contributed by atoms with Gasteiger partial charge in [-0.15, -0.1) is 0 Å². The summed E-state index contributed by atoms with van der Waals surface area (Å²) in [5.74, 6) is 0. The van der Waals surface area contributed by atoms with Gasteiger partial charge in [0.1, 0.15) is 5.60 Å². The number of ether oxygens (including phenoxy) is 1. The van der Waals surface area contributed by atoms with Gasteiger partial charge in [-0.1, -0.05) is 11.6 Å². The Kier molecular flexibility index (Phi) is 4.06. The van der Waals surface area contributed by atoms with E-state index in [1.165, 1.54) is 6.07 Å². The molecule has 0 aliphatic carbocycles. The van der Waals surface area contributed by atoms with Crippen LogP contribution >= 0.6 is 11.6 Å². The highest BCUT2D eigenvalue weighted by atomic mass is 35.5. The smallest absolute Gasteiger partial charge is 0.443 e. The van der Waals surface area contributed by atoms with Crippen LogP contribution in [-0.2, 0) is 4.74 Å². The maximum atomic E-state index is 12.3. The van der Waals surface area contributed by atoms with Crippen LogP contribution in [0.2, 0.25) is 5.02 Å². The normalized spacial score (nSPS) is 11.8. The molecule has 5 nitrogen and oxygen atoms in total. The van der Waals surface area contributed by atoms with Crippen LogP contribution in [0.1, 0.15) is 26.3 Å². The van der Waals surface area contributed by atoms with Crippen molar-refractivity contribution < 1.29 is 19.6 Å². The van der Waals surface area contributed by atoms with Crippen LogP contribution in [0.25, 0.3) is 10.9 Å². The molecule has 0 radical (unpaired) electrons. The minimum absolute atomic E-state index is 0.0425. The molecule has 21 heavy (non-hydrogen) atoms. The van der Waals surface area contributed by atoms with Crippen LogP contribution in [0.3, 0.4) is 0 Å². The quantitative estimate of drug-likeness (QED) is 0.791. The van der Waals surface area contributed by atoms with Crippen LogP contribution in [0, 0.1) is 6.92 Å². The van der Waals surface area contributed by atoms with Gasteiger partial charge in [-0.05, 0) is 51.5 Å². The number of fused-ring (bicyclic) bond motifs is 1. The first-order valence-corrected chi connectivity index (χ1v) is 6.89. The summed E-state index contributed by atoms with van der Waals surface area (Å²) in [5, 5.41) is 20.2. The van der Waals surface area contributed by atoms with Crippen molar-refractivity contribution >= 4 is 41.3 Å². The van der Waals surface area contributed by atoms with E-state index >= 15 is 0 Å². The van der Waals surface area contributed by atoms with Gasteiger partial charge in [0.15, 0.2) is 0 Å². The minimum atomic E-state index is -1.79. The minimum Gasteiger partial charge on any atom is -0.443 e. The van der Waals surface area contributed by atoms with Crippen LogP contribution in [0.15, 0.2) is 18.2 Å². The Morgan fingerprint density at radius 1 is 1.29 bits per heavy atom. The SMILES string of the molecule is Cc1cc2c(cc1Cl)cc(B(O)O)n2C(=O)OC(C)(C)C. The second-order valence-electron chi connectivity index (χ2n) is 5.92. The zero-order valence-corrected chi connectivity index (χ0v) is 13.1. The third kappa shape index (κ3) is 3.23. The first-order chi connectivity index (χ1) is 9.60. The van der Waals surface area contributed by atoms with E-state index in [1.54, 1.807) is 32.9 Å². The number of rotatable bonds is 1. The zero-order valence-electron chi connectivity index (χ0n) is 12.3. The van der Waals surface area contributed by atoms with Crippen molar-refractivity contribution in [3.05, 3.63) is 28.8 Å². The molecule has 0 unspecified atom stereocenters. The van der Waals surface area contributed by atoms with Crippen molar-refractivity contribution in [2.24, 2.45) is 0 Å². The number of benzene rings is 1. The molecule has 2 N–H and O–H groups in total. The summed E-state index contributed by atoms with van der Waals surface area (Å²) < 4.78 is 6.48. The molecule has 0 atom stereocenters. The molecule has 1 aromatic heterocycles. The van der Waals surface area contributed by atoms with Crippen LogP contribution in [0.4, 0.5) is 4.79 Å². The standard InChI is InChI=1S/C14H17BClNO4/c1-8-5-11-9(6-10(8)16)7-12(15(19)20)17(11)13(18)21-14(2,3)4/h5-7,19-20H,1-4H3. The Labute approximate surface area is 128 Å². The van der Waals surface area contributed by atoms with Gasteiger partial charge >= 0.3 is 13.2 Å². The molecule has 1 heterocycles. The molecule has 0 saturated heterocycles. The number of aryl methyl sites for hydroxylation is 1. The average Bonchev–Trinajstić information content (AvgIpc) is 2.66. The van der Waals surface area contributed by atoms with Gasteiger partial charge in [0, 0.05) is 10.4 Å². The molecule has 2 aromatic rings. The van der Waals surface area contributed by atoms with Crippen molar-refractivity contribution in [1.29, 1.82) is 0 Å². The van der Waals surface area contributed by atoms with Gasteiger partial charge in [-0.25, -0.2) is 4.79 Å². The molecule has 0 aliphatic rings. The predicted octanol–water partition coefficient (Wildman–Crippen LogP) is 2.07. The Morgan fingerprint density at radius 3 is 2.43 bits per heavy atom. The number of carbonyl (C=O) groups excluding carboxylic acids is 1. The number of hydrogen-bond acceptors (Lipinski definition) is 4. The van der Waals surface area contributed by atoms with Gasteiger partial charge < -0.3 is 14.8 Å². The summed E-state index contributed by atoms with van der Waals surface area (Å²) in [6.45, 7) is 7.04. The lowest BCUT2D eigenvalue weighted by atomic mass is 9.86. The highest BCUT2D eigenvalue weighted by molar-refractivity contribution is 6.59. The molecule has 1 aromatic carbocycles. The summed E-state index contributed by atoms with van der Waals surface area (Å²) in [6, 6.07) is 4.90. The lowest BCUT2D eigenvalue weighted by molar-refractivity contribution is 0.0548. The van der Waals surface area contributed by atoms with E-state index in [-0.39, 0.29) is 5.59 Å². The van der Waals surface area contributed by atoms with E-state index in [2.05, 4.69) is 0 Å². The lowest BCUT2D eigenvalue weighted by Gasteiger charge is -2.21. The molecule has 7 heteroatoms. The van der Waals surface area contributed by atoms with Crippen LogP contribution in [0.5, 0.6) is 0 Å². The van der Waals surface area contributed by atoms with Crippen LogP contribution in [-0.4, -0.2) is 33.4 Å². The second kappa shape index (κ2) is 5.37. The van der Waals surface area contributed by atoms with Gasteiger partial charge in [0.2, 0.25) is 0 Å². The highest BCUT2D eigenvalue weighted by Crippen LogP contribution is 2.24. The third-order valence-corrected chi connectivity index (χ3v) is 3.36. The second-order valence-corrected chi connectivity index (χ2v) is 6.33. The van der Waals surface area contributed by atoms with E-state index in [0.29, 0.717) is 15.9 Å². The number of aromatic nitrogens is 1. The Bertz CT molecular complexity index is 703. The lowest BCUT2D eigenvalue weighted by Crippen LogP contribution is -2.41. The van der Waals surface area contributed by atoms with Gasteiger partial charge in [-0.2, -0.15) is 0 Å². The molecule has 0 aliphatic heterocycles. The van der Waals surface area contributed by atoms with E-state index in [9.17, 15) is 14.8 Å². The molecule has 2 rings (SSSR count). The molecular formula is C14H17BClNO4. The van der Waals surface area contributed by atoms with E-state index in [0.717, 1.165) is 10.1 Å². The number of carbonyl (C=O) groups is 1. The number of nitrogens with zero attached hydrogens (tertiary/aromatic N) is 1. The van der Waals surface area contributed by atoms with Crippen molar-refractivity contribution in [2.45, 2.75) is 33.3 Å². The predicted molar refractivity (Wildman–Crippen MR) is 83.1 cm³/mol. The number of hydrogen-bond donors (Lipinski definition) is 2. The molecular weight excluding hydrogens is 292 g/mol. The molecule has 112 valence electrons. The van der Waals surface area contributed by atoms with Gasteiger partial charge in [-0.3, -0.25) is 4.57 Å². The maximum Gasteiger partial charge on any atom is 0.506 e. The Morgan fingerprint density at radius 2 is 1.90 bits per heavy atom. The highest BCUT2D eigenvalue weighted by Gasteiger charge is 2.27. The first kappa shape index (κ1) is 15.9. The fourth-order valence-electron chi connectivity index (χ4n) is 2.06. The summed E-state index contributed by atoms with van der Waals surface area (Å²) >= 11 is 6.06. The summed E-state index contributed by atoms with van der Waals surface area (Å²) in [7, 11) is -1.79. The Balaban J connectivity index is 2.66. The van der Waals surface area contributed by atoms with Crippen molar-refractivity contribution in [1.82, 2.24) is 4.57 Å². The topological polar surface area (TPSA) is 71.7 Å². The number of halogens is 1. The van der Waals surface area contributed by atoms with Crippen molar-refractivity contribution in [3.63, 3.8) is 0 Å². The molecule has 0 bridgehead atoms. The summed E-state index contributed by atoms with van der Waals surface area (Å²) in [4.78, 5) is 12.3. The zero-order chi connectivity index (χ0) is 15.9. The fraction of sp³-hybridized carbons (Fsp3) is 0.357. The summed E-state index contributed by atoms with van der Waals surface area (Å²) in [5.41, 5.74) is 0.661. The first-order valence-electron chi connectivity index (χ1n) is 6.51. The average molecular weight is 310 g/mol. The molecule has 0 fully saturated rings.